The molecule has 2 aromatic rings. The van der Waals surface area contributed by atoms with Crippen LogP contribution in [0.25, 0.3) is 0 Å². The summed E-state index contributed by atoms with van der Waals surface area (Å²) in [6.45, 7) is 3.87. The van der Waals surface area contributed by atoms with Crippen LogP contribution in [0.2, 0.25) is 0 Å². The quantitative estimate of drug-likeness (QED) is 0.741. The maximum atomic E-state index is 13.1. The zero-order valence-electron chi connectivity index (χ0n) is 18.0. The molecule has 1 aliphatic rings. The summed E-state index contributed by atoms with van der Waals surface area (Å²) < 4.78 is 5.51. The van der Waals surface area contributed by atoms with Crippen LogP contribution in [-0.2, 0) is 9.59 Å². The molecule has 0 aromatic heterocycles. The molecule has 30 heavy (non-hydrogen) atoms. The lowest BCUT2D eigenvalue weighted by Crippen LogP contribution is -2.31. The number of hydrogen-bond donors (Lipinski definition) is 1. The maximum absolute atomic E-state index is 13.1. The summed E-state index contributed by atoms with van der Waals surface area (Å²) in [6.07, 6.45) is 0.242. The number of Topliss-reactive ketones (excluding diaryl/α,β-unsaturated/α-hetero) is 1. The van der Waals surface area contributed by atoms with Crippen LogP contribution >= 0.6 is 0 Å². The summed E-state index contributed by atoms with van der Waals surface area (Å²) >= 11 is 0. The van der Waals surface area contributed by atoms with Crippen LogP contribution in [0.3, 0.4) is 0 Å². The van der Waals surface area contributed by atoms with Crippen molar-refractivity contribution in [2.24, 2.45) is 5.92 Å². The van der Waals surface area contributed by atoms with Gasteiger partial charge in [-0.25, -0.2) is 0 Å². The summed E-state index contributed by atoms with van der Waals surface area (Å²) in [5, 5.41) is 10.7. The van der Waals surface area contributed by atoms with E-state index >= 15 is 0 Å². The van der Waals surface area contributed by atoms with E-state index in [2.05, 4.69) is 0 Å². The highest BCUT2D eigenvalue weighted by atomic mass is 16.5. The molecule has 0 bridgehead atoms. The van der Waals surface area contributed by atoms with E-state index in [1.807, 2.05) is 75.3 Å². The van der Waals surface area contributed by atoms with Crippen molar-refractivity contribution in [3.63, 3.8) is 0 Å². The SMILES string of the molecule is COc1ccccc1C1C(C(=O)CC(C)C)=C(O)C(=O)N1c1ccc(N(C)C)cc1. The number of para-hydroxylation sites is 1. The van der Waals surface area contributed by atoms with Gasteiger partial charge >= 0.3 is 0 Å². The van der Waals surface area contributed by atoms with E-state index in [0.717, 1.165) is 5.69 Å². The number of methoxy groups -OCH3 is 1. The molecule has 1 heterocycles. The number of aliphatic hydroxyl groups excluding tert-OH is 1. The van der Waals surface area contributed by atoms with Crippen LogP contribution in [0.5, 0.6) is 5.75 Å². The lowest BCUT2D eigenvalue weighted by atomic mass is 9.91. The Hall–Kier alpha value is -3.28. The standard InChI is InChI=1S/C24H28N2O4/c1-15(2)14-19(27)21-22(18-8-6-7-9-20(18)30-5)26(24(29)23(21)28)17-12-10-16(11-13-17)25(3)4/h6-13,15,22,28H,14H2,1-5H3. The molecule has 1 atom stereocenters. The molecule has 158 valence electrons. The minimum Gasteiger partial charge on any atom is -0.503 e. The molecular weight excluding hydrogens is 380 g/mol. The van der Waals surface area contributed by atoms with Gasteiger partial charge in [-0.3, -0.25) is 14.5 Å². The van der Waals surface area contributed by atoms with Crippen LogP contribution in [-0.4, -0.2) is 38.0 Å². The Bertz CT molecular complexity index is 977. The highest BCUT2D eigenvalue weighted by Gasteiger charge is 2.45. The Kier molecular flexibility index (Phi) is 6.15. The molecule has 6 heteroatoms. The molecule has 0 spiro atoms. The number of nitrogens with zero attached hydrogens (tertiary/aromatic N) is 2. The maximum Gasteiger partial charge on any atom is 0.294 e. The van der Waals surface area contributed by atoms with Gasteiger partial charge in [0.25, 0.3) is 5.91 Å². The minimum absolute atomic E-state index is 0.0969. The van der Waals surface area contributed by atoms with Crippen molar-refractivity contribution in [1.29, 1.82) is 0 Å². The normalized spacial score (nSPS) is 16.4. The van der Waals surface area contributed by atoms with Gasteiger partial charge in [0, 0.05) is 37.5 Å². The zero-order chi connectivity index (χ0) is 22.0. The van der Waals surface area contributed by atoms with E-state index in [1.165, 1.54) is 4.90 Å². The van der Waals surface area contributed by atoms with Gasteiger partial charge in [0.2, 0.25) is 0 Å². The molecule has 0 saturated heterocycles. The Morgan fingerprint density at radius 2 is 1.77 bits per heavy atom. The van der Waals surface area contributed by atoms with E-state index in [4.69, 9.17) is 4.74 Å². The van der Waals surface area contributed by atoms with Gasteiger partial charge in [0.1, 0.15) is 5.75 Å². The van der Waals surface area contributed by atoms with Crippen molar-refractivity contribution in [3.8, 4) is 5.75 Å². The van der Waals surface area contributed by atoms with E-state index < -0.39 is 17.7 Å². The highest BCUT2D eigenvalue weighted by molar-refractivity contribution is 6.16. The van der Waals surface area contributed by atoms with Crippen LogP contribution in [0, 0.1) is 5.92 Å². The molecular formula is C24H28N2O4. The molecule has 1 aliphatic heterocycles. The number of carbonyl (C=O) groups is 2. The van der Waals surface area contributed by atoms with Crippen LogP contribution in [0.1, 0.15) is 31.9 Å². The molecule has 1 unspecified atom stereocenters. The van der Waals surface area contributed by atoms with Crippen molar-refractivity contribution >= 4 is 23.1 Å². The average Bonchev–Trinajstić information content (AvgIpc) is 2.98. The molecule has 2 aromatic carbocycles. The average molecular weight is 408 g/mol. The summed E-state index contributed by atoms with van der Waals surface area (Å²) in [5.41, 5.74) is 2.35. The lowest BCUT2D eigenvalue weighted by Gasteiger charge is -2.28. The number of rotatable bonds is 7. The van der Waals surface area contributed by atoms with Gasteiger partial charge in [-0.05, 0) is 36.2 Å². The molecule has 3 rings (SSSR count). The molecule has 0 aliphatic carbocycles. The summed E-state index contributed by atoms with van der Waals surface area (Å²) in [7, 11) is 5.42. The van der Waals surface area contributed by atoms with Crippen molar-refractivity contribution in [1.82, 2.24) is 0 Å². The Balaban J connectivity index is 2.16. The van der Waals surface area contributed by atoms with Gasteiger partial charge in [-0.15, -0.1) is 0 Å². The van der Waals surface area contributed by atoms with E-state index in [9.17, 15) is 14.7 Å². The molecule has 0 fully saturated rings. The van der Waals surface area contributed by atoms with Gasteiger partial charge in [0.15, 0.2) is 11.5 Å². The molecule has 0 radical (unpaired) electrons. The number of carbonyl (C=O) groups excluding carboxylic acids is 2. The first-order chi connectivity index (χ1) is 14.3. The fourth-order valence-corrected chi connectivity index (χ4v) is 3.74. The number of anilines is 2. The fourth-order valence-electron chi connectivity index (χ4n) is 3.74. The second kappa shape index (κ2) is 8.61. The third-order valence-corrected chi connectivity index (χ3v) is 5.18. The minimum atomic E-state index is -0.759. The predicted molar refractivity (Wildman–Crippen MR) is 118 cm³/mol. The molecule has 1 N–H and O–H groups in total. The van der Waals surface area contributed by atoms with Crippen molar-refractivity contribution in [2.75, 3.05) is 31.0 Å². The Labute approximate surface area is 177 Å². The topological polar surface area (TPSA) is 70.1 Å². The summed E-state index contributed by atoms with van der Waals surface area (Å²) in [6, 6.07) is 13.9. The van der Waals surface area contributed by atoms with Crippen molar-refractivity contribution in [2.45, 2.75) is 26.3 Å². The molecule has 0 saturated carbocycles. The lowest BCUT2D eigenvalue weighted by molar-refractivity contribution is -0.118. The van der Waals surface area contributed by atoms with Gasteiger partial charge < -0.3 is 14.7 Å². The predicted octanol–water partition coefficient (Wildman–Crippen LogP) is 4.28. The summed E-state index contributed by atoms with van der Waals surface area (Å²) in [4.78, 5) is 29.6. The zero-order valence-corrected chi connectivity index (χ0v) is 18.0. The van der Waals surface area contributed by atoms with Gasteiger partial charge in [0.05, 0.1) is 18.7 Å². The van der Waals surface area contributed by atoms with Crippen molar-refractivity contribution < 1.29 is 19.4 Å². The van der Waals surface area contributed by atoms with Crippen LogP contribution in [0.4, 0.5) is 11.4 Å². The second-order valence-electron chi connectivity index (χ2n) is 8.01. The number of aliphatic hydroxyl groups is 1. The molecule has 6 nitrogen and oxygen atoms in total. The third kappa shape index (κ3) is 3.90. The van der Waals surface area contributed by atoms with E-state index in [-0.39, 0.29) is 23.7 Å². The number of ketones is 1. The Morgan fingerprint density at radius 1 is 1.13 bits per heavy atom. The smallest absolute Gasteiger partial charge is 0.294 e. The first-order valence-corrected chi connectivity index (χ1v) is 9.96. The number of hydrogen-bond acceptors (Lipinski definition) is 5. The van der Waals surface area contributed by atoms with Gasteiger partial charge in [-0.1, -0.05) is 32.0 Å². The number of amides is 1. The molecule has 1 amide bonds. The number of benzene rings is 2. The second-order valence-corrected chi connectivity index (χ2v) is 8.01. The third-order valence-electron chi connectivity index (χ3n) is 5.18. The van der Waals surface area contributed by atoms with Crippen LogP contribution in [0.15, 0.2) is 59.9 Å². The van der Waals surface area contributed by atoms with Crippen molar-refractivity contribution in [3.05, 3.63) is 65.4 Å². The van der Waals surface area contributed by atoms with E-state index in [0.29, 0.717) is 17.0 Å². The van der Waals surface area contributed by atoms with Crippen LogP contribution < -0.4 is 14.5 Å². The largest absolute Gasteiger partial charge is 0.503 e. The van der Waals surface area contributed by atoms with E-state index in [1.54, 1.807) is 13.2 Å². The van der Waals surface area contributed by atoms with Gasteiger partial charge in [-0.2, -0.15) is 0 Å². The first-order valence-electron chi connectivity index (χ1n) is 9.96. The first kappa shape index (κ1) is 21.4. The monoisotopic (exact) mass is 408 g/mol. The Morgan fingerprint density at radius 3 is 2.33 bits per heavy atom. The number of ether oxygens (including phenoxy) is 1. The highest BCUT2D eigenvalue weighted by Crippen LogP contribution is 2.44. The fraction of sp³-hybridized carbons (Fsp3) is 0.333. The summed E-state index contributed by atoms with van der Waals surface area (Å²) in [5.74, 6) is -0.669.